The first-order valence-electron chi connectivity index (χ1n) is 11.1. The Morgan fingerprint density at radius 2 is 1.30 bits per heavy atom. The monoisotopic (exact) mass is 438 g/mol. The second-order valence-electron chi connectivity index (χ2n) is 9.04. The van der Waals surface area contributed by atoms with Crippen LogP contribution in [0.25, 0.3) is 5.57 Å². The quantitative estimate of drug-likeness (QED) is 0.468. The number of carboxylic acids is 2. The van der Waals surface area contributed by atoms with E-state index in [1.54, 1.807) is 0 Å². The number of carbonyl (C=O) groups is 2. The lowest BCUT2D eigenvalue weighted by molar-refractivity contribution is -0.136. The van der Waals surface area contributed by atoms with Crippen LogP contribution in [0, 0.1) is 27.7 Å². The van der Waals surface area contributed by atoms with Crippen molar-refractivity contribution in [2.45, 2.75) is 40.5 Å². The third-order valence-corrected chi connectivity index (χ3v) is 6.44. The summed E-state index contributed by atoms with van der Waals surface area (Å²) in [4.78, 5) is 23.4. The van der Waals surface area contributed by atoms with E-state index in [1.165, 1.54) is 22.2 Å². The molecule has 0 saturated carbocycles. The molecule has 5 heteroatoms. The Labute approximate surface area is 194 Å². The summed E-state index contributed by atoms with van der Waals surface area (Å²) in [5.41, 5.74) is 11.1. The Hall–Kier alpha value is -3.60. The summed E-state index contributed by atoms with van der Waals surface area (Å²) in [6.45, 7) is 8.36. The molecule has 1 heterocycles. The molecule has 0 atom stereocenters. The van der Waals surface area contributed by atoms with Crippen molar-refractivity contribution in [3.63, 3.8) is 0 Å². The summed E-state index contributed by atoms with van der Waals surface area (Å²) < 4.78 is 0. The van der Waals surface area contributed by atoms with Gasteiger partial charge in [0.05, 0.1) is 12.8 Å². The highest BCUT2D eigenvalue weighted by Gasteiger charge is 2.36. The number of hydrogen-bond donors (Lipinski definition) is 2. The lowest BCUT2D eigenvalue weighted by atomic mass is 9.32. The number of hydrogen-bond acceptors (Lipinski definition) is 2. The molecular formula is C28H27BO4. The highest BCUT2D eigenvalue weighted by Crippen LogP contribution is 2.33. The summed E-state index contributed by atoms with van der Waals surface area (Å²) >= 11 is 0. The Morgan fingerprint density at radius 3 is 1.91 bits per heavy atom. The molecule has 0 bridgehead atoms. The van der Waals surface area contributed by atoms with Crippen LogP contribution in [0.15, 0.2) is 60.2 Å². The molecule has 3 aromatic carbocycles. The van der Waals surface area contributed by atoms with E-state index < -0.39 is 11.9 Å². The fourth-order valence-corrected chi connectivity index (χ4v) is 5.37. The molecular weight excluding hydrogens is 411 g/mol. The third-order valence-electron chi connectivity index (χ3n) is 6.44. The molecule has 3 aromatic rings. The summed E-state index contributed by atoms with van der Waals surface area (Å²) in [6.07, 6.45) is -0.618. The van der Waals surface area contributed by atoms with Crippen LogP contribution in [0.5, 0.6) is 0 Å². The lowest BCUT2D eigenvalue weighted by Gasteiger charge is -2.32. The van der Waals surface area contributed by atoms with Crippen molar-refractivity contribution in [2.75, 3.05) is 0 Å². The predicted molar refractivity (Wildman–Crippen MR) is 133 cm³/mol. The molecule has 0 radical (unpaired) electrons. The molecule has 4 nitrogen and oxygen atoms in total. The topological polar surface area (TPSA) is 74.6 Å². The summed E-state index contributed by atoms with van der Waals surface area (Å²) in [7, 11) is 0. The van der Waals surface area contributed by atoms with Crippen molar-refractivity contribution < 1.29 is 19.8 Å². The predicted octanol–water partition coefficient (Wildman–Crippen LogP) is 3.50. The van der Waals surface area contributed by atoms with Crippen molar-refractivity contribution in [2.24, 2.45) is 0 Å². The van der Waals surface area contributed by atoms with Crippen LogP contribution in [0.3, 0.4) is 0 Å². The molecule has 2 N–H and O–H groups in total. The van der Waals surface area contributed by atoms with E-state index >= 15 is 0 Å². The first kappa shape index (κ1) is 22.6. The molecule has 0 unspecified atom stereocenters. The van der Waals surface area contributed by atoms with E-state index in [1.807, 2.05) is 25.1 Å². The van der Waals surface area contributed by atoms with Gasteiger partial charge in [0.1, 0.15) is 0 Å². The van der Waals surface area contributed by atoms with Gasteiger partial charge in [-0.15, -0.1) is 0 Å². The van der Waals surface area contributed by atoms with E-state index in [2.05, 4.69) is 57.2 Å². The number of aliphatic carboxylic acids is 2. The second kappa shape index (κ2) is 8.74. The zero-order chi connectivity index (χ0) is 23.9. The highest BCUT2D eigenvalue weighted by atomic mass is 16.4. The van der Waals surface area contributed by atoms with E-state index in [-0.39, 0.29) is 19.6 Å². The lowest BCUT2D eigenvalue weighted by Crippen LogP contribution is -2.58. The van der Waals surface area contributed by atoms with Gasteiger partial charge in [-0.3, -0.25) is 9.59 Å². The minimum Gasteiger partial charge on any atom is -0.481 e. The van der Waals surface area contributed by atoms with Crippen LogP contribution < -0.4 is 16.4 Å². The van der Waals surface area contributed by atoms with Crippen LogP contribution in [-0.2, 0) is 9.59 Å². The Bertz CT molecular complexity index is 1280. The maximum atomic E-state index is 11.7. The van der Waals surface area contributed by atoms with E-state index in [0.29, 0.717) is 5.57 Å². The number of benzene rings is 3. The number of fused-ring (bicyclic) bond motifs is 2. The number of rotatable bonds is 5. The molecule has 0 aromatic heterocycles. The van der Waals surface area contributed by atoms with E-state index in [9.17, 15) is 19.8 Å². The first-order valence-corrected chi connectivity index (χ1v) is 11.1. The van der Waals surface area contributed by atoms with Crippen LogP contribution in [0.2, 0.25) is 0 Å². The Balaban J connectivity index is 2.11. The van der Waals surface area contributed by atoms with Crippen LogP contribution >= 0.6 is 0 Å². The third kappa shape index (κ3) is 4.23. The summed E-state index contributed by atoms with van der Waals surface area (Å²) in [5.74, 6) is -2.06. The first-order chi connectivity index (χ1) is 15.7. The Morgan fingerprint density at radius 1 is 0.727 bits per heavy atom. The zero-order valence-electron chi connectivity index (χ0n) is 19.4. The van der Waals surface area contributed by atoms with Crippen molar-refractivity contribution in [1.82, 2.24) is 0 Å². The maximum Gasteiger partial charge on any atom is 0.307 e. The largest absolute Gasteiger partial charge is 0.481 e. The van der Waals surface area contributed by atoms with Crippen molar-refractivity contribution in [3.05, 3.63) is 93.6 Å². The maximum absolute atomic E-state index is 11.7. The van der Waals surface area contributed by atoms with Gasteiger partial charge in [-0.2, -0.15) is 0 Å². The normalized spacial score (nSPS) is 12.2. The average molecular weight is 438 g/mol. The molecule has 33 heavy (non-hydrogen) atoms. The highest BCUT2D eigenvalue weighted by molar-refractivity contribution is 6.97. The van der Waals surface area contributed by atoms with Gasteiger partial charge in [-0.1, -0.05) is 93.2 Å². The van der Waals surface area contributed by atoms with Gasteiger partial charge in [-0.05, 0) is 50.0 Å². The molecule has 166 valence electrons. The fourth-order valence-electron chi connectivity index (χ4n) is 5.37. The molecule has 4 rings (SSSR count). The van der Waals surface area contributed by atoms with E-state index in [4.69, 9.17) is 0 Å². The molecule has 0 aliphatic carbocycles. The smallest absolute Gasteiger partial charge is 0.307 e. The Kier molecular flexibility index (Phi) is 5.98. The number of aryl methyl sites for hydroxylation is 4. The second-order valence-corrected chi connectivity index (χ2v) is 9.04. The SMILES string of the molecule is Cc1cc(C)c(B2c3ccccc3C(=C(CC(=O)O)CC(=O)O)c3cc(C)ccc32)c(C)c1. The van der Waals surface area contributed by atoms with Gasteiger partial charge in [-0.25, -0.2) is 0 Å². The summed E-state index contributed by atoms with van der Waals surface area (Å²) in [5, 5.41) is 19.2. The van der Waals surface area contributed by atoms with Crippen molar-refractivity contribution in [3.8, 4) is 0 Å². The fraction of sp³-hybridized carbons (Fsp3) is 0.214. The molecule has 0 saturated heterocycles. The van der Waals surface area contributed by atoms with Gasteiger partial charge in [0.25, 0.3) is 0 Å². The van der Waals surface area contributed by atoms with Crippen LogP contribution in [0.4, 0.5) is 0 Å². The molecule has 0 spiro atoms. The van der Waals surface area contributed by atoms with Gasteiger partial charge in [0.15, 0.2) is 0 Å². The molecule has 1 aliphatic heterocycles. The average Bonchev–Trinajstić information content (AvgIpc) is 2.71. The minimum atomic E-state index is -1.03. The molecule has 1 aliphatic rings. The van der Waals surface area contributed by atoms with Crippen molar-refractivity contribution >= 4 is 40.6 Å². The minimum absolute atomic E-state index is 0.0166. The summed E-state index contributed by atoms with van der Waals surface area (Å²) in [6, 6.07) is 18.7. The van der Waals surface area contributed by atoms with Gasteiger partial charge in [0.2, 0.25) is 6.71 Å². The van der Waals surface area contributed by atoms with Gasteiger partial charge in [0, 0.05) is 0 Å². The molecule has 0 amide bonds. The van der Waals surface area contributed by atoms with E-state index in [0.717, 1.165) is 33.2 Å². The van der Waals surface area contributed by atoms with Crippen molar-refractivity contribution in [1.29, 1.82) is 0 Å². The van der Waals surface area contributed by atoms with Crippen LogP contribution in [-0.4, -0.2) is 28.9 Å². The molecule has 0 fully saturated rings. The number of carboxylic acid groups (broad SMARTS) is 2. The van der Waals surface area contributed by atoms with Crippen LogP contribution in [0.1, 0.15) is 46.2 Å². The zero-order valence-corrected chi connectivity index (χ0v) is 19.4. The standard InChI is InChI=1S/C28H27BO4/c1-16-9-10-24-22(13-16)27(20(14-25(30)31)15-26(32)33)21-7-5-6-8-23(21)29(24)28-18(3)11-17(2)12-19(28)4/h5-13H,14-15H2,1-4H3,(H,30,31)(H,32,33). The van der Waals surface area contributed by atoms with Gasteiger partial charge < -0.3 is 10.2 Å². The van der Waals surface area contributed by atoms with Gasteiger partial charge >= 0.3 is 11.9 Å².